The van der Waals surface area contributed by atoms with E-state index in [0.717, 1.165) is 6.42 Å². The molecule has 1 aromatic carbocycles. The Morgan fingerprint density at radius 1 is 1.47 bits per heavy atom. The summed E-state index contributed by atoms with van der Waals surface area (Å²) in [5.74, 6) is 0. The highest BCUT2D eigenvalue weighted by Gasteiger charge is 2.13. The zero-order valence-corrected chi connectivity index (χ0v) is 9.93. The first-order valence-corrected chi connectivity index (χ1v) is 5.75. The van der Waals surface area contributed by atoms with Crippen molar-refractivity contribution in [1.29, 1.82) is 0 Å². The lowest BCUT2D eigenvalue weighted by Gasteiger charge is -2.15. The Kier molecular flexibility index (Phi) is 5.59. The van der Waals surface area contributed by atoms with Crippen molar-refractivity contribution >= 4 is 5.69 Å². The van der Waals surface area contributed by atoms with E-state index in [2.05, 4.69) is 5.32 Å². The van der Waals surface area contributed by atoms with Gasteiger partial charge < -0.3 is 10.4 Å². The molecule has 1 unspecified atom stereocenters. The fourth-order valence-electron chi connectivity index (χ4n) is 1.70. The highest BCUT2D eigenvalue weighted by atomic mass is 16.6. The van der Waals surface area contributed by atoms with E-state index >= 15 is 0 Å². The molecule has 0 aliphatic rings. The number of aliphatic hydroxyl groups is 1. The number of benzene rings is 1. The van der Waals surface area contributed by atoms with Gasteiger partial charge in [-0.25, -0.2) is 0 Å². The van der Waals surface area contributed by atoms with Crippen LogP contribution < -0.4 is 5.32 Å². The molecule has 1 rings (SSSR count). The lowest BCUT2D eigenvalue weighted by molar-refractivity contribution is -0.385. The molecule has 2 N–H and O–H groups in total. The number of aliphatic hydroxyl groups excluding tert-OH is 1. The summed E-state index contributed by atoms with van der Waals surface area (Å²) in [4.78, 5) is 10.4. The third-order valence-electron chi connectivity index (χ3n) is 2.74. The van der Waals surface area contributed by atoms with Crippen LogP contribution in [0.5, 0.6) is 0 Å². The van der Waals surface area contributed by atoms with Gasteiger partial charge in [0, 0.05) is 30.8 Å². The van der Waals surface area contributed by atoms with E-state index in [1.54, 1.807) is 18.2 Å². The van der Waals surface area contributed by atoms with E-state index in [1.165, 1.54) is 6.07 Å². The Labute approximate surface area is 101 Å². The Balaban J connectivity index is 2.65. The Bertz CT molecular complexity index is 369. The monoisotopic (exact) mass is 238 g/mol. The molecule has 1 atom stereocenters. The normalized spacial score (nSPS) is 12.4. The summed E-state index contributed by atoms with van der Waals surface area (Å²) >= 11 is 0. The molecule has 0 saturated heterocycles. The predicted octanol–water partition coefficient (Wildman–Crippen LogP) is 1.85. The lowest BCUT2D eigenvalue weighted by Crippen LogP contribution is -2.29. The maximum Gasteiger partial charge on any atom is 0.273 e. The van der Waals surface area contributed by atoms with Crippen LogP contribution in [0.1, 0.15) is 25.3 Å². The second kappa shape index (κ2) is 6.98. The molecule has 0 bridgehead atoms. The molecule has 94 valence electrons. The zero-order valence-electron chi connectivity index (χ0n) is 9.93. The van der Waals surface area contributed by atoms with Gasteiger partial charge in [-0.3, -0.25) is 10.1 Å². The molecule has 0 aliphatic carbocycles. The van der Waals surface area contributed by atoms with Crippen molar-refractivity contribution in [1.82, 2.24) is 5.32 Å². The fourth-order valence-corrected chi connectivity index (χ4v) is 1.70. The summed E-state index contributed by atoms with van der Waals surface area (Å²) in [5.41, 5.74) is 0.813. The molecule has 0 spiro atoms. The molecule has 0 heterocycles. The highest BCUT2D eigenvalue weighted by Crippen LogP contribution is 2.17. The minimum atomic E-state index is -0.371. The molecule has 0 fully saturated rings. The first-order valence-electron chi connectivity index (χ1n) is 5.75. The average molecular weight is 238 g/mol. The topological polar surface area (TPSA) is 75.4 Å². The van der Waals surface area contributed by atoms with E-state index in [0.29, 0.717) is 18.5 Å². The number of nitro groups is 1. The van der Waals surface area contributed by atoms with Crippen LogP contribution in [0.4, 0.5) is 5.69 Å². The van der Waals surface area contributed by atoms with Crippen molar-refractivity contribution in [2.24, 2.45) is 0 Å². The van der Waals surface area contributed by atoms with Crippen molar-refractivity contribution < 1.29 is 10.0 Å². The second-order valence-corrected chi connectivity index (χ2v) is 3.88. The number of nitrogens with one attached hydrogen (secondary N) is 1. The van der Waals surface area contributed by atoms with Crippen molar-refractivity contribution in [3.05, 3.63) is 39.9 Å². The van der Waals surface area contributed by atoms with Crippen molar-refractivity contribution in [2.45, 2.75) is 32.4 Å². The van der Waals surface area contributed by atoms with E-state index in [1.807, 2.05) is 6.92 Å². The number of rotatable bonds is 7. The molecular formula is C12H18N2O3. The van der Waals surface area contributed by atoms with Gasteiger partial charge in [-0.1, -0.05) is 25.1 Å². The van der Waals surface area contributed by atoms with Crippen LogP contribution in [-0.4, -0.2) is 22.7 Å². The molecule has 5 nitrogen and oxygen atoms in total. The third kappa shape index (κ3) is 4.13. The van der Waals surface area contributed by atoms with Crippen LogP contribution in [-0.2, 0) is 6.54 Å². The van der Waals surface area contributed by atoms with Crippen molar-refractivity contribution in [3.63, 3.8) is 0 Å². The van der Waals surface area contributed by atoms with Crippen LogP contribution >= 0.6 is 0 Å². The summed E-state index contributed by atoms with van der Waals surface area (Å²) in [6.07, 6.45) is 1.55. The summed E-state index contributed by atoms with van der Waals surface area (Å²) in [6, 6.07) is 6.89. The van der Waals surface area contributed by atoms with Gasteiger partial charge in [0.2, 0.25) is 0 Å². The lowest BCUT2D eigenvalue weighted by atomic mass is 10.1. The van der Waals surface area contributed by atoms with E-state index in [4.69, 9.17) is 5.11 Å². The van der Waals surface area contributed by atoms with Crippen LogP contribution in [0, 0.1) is 10.1 Å². The van der Waals surface area contributed by atoms with Crippen LogP contribution in [0.3, 0.4) is 0 Å². The molecule has 0 saturated carbocycles. The Morgan fingerprint density at radius 2 is 2.18 bits per heavy atom. The van der Waals surface area contributed by atoms with Gasteiger partial charge in [-0.2, -0.15) is 0 Å². The minimum absolute atomic E-state index is 0.127. The standard InChI is InChI=1S/C12H18N2O3/c1-2-11(7-8-15)13-9-10-5-3-4-6-12(10)14(16)17/h3-6,11,13,15H,2,7-9H2,1H3. The summed E-state index contributed by atoms with van der Waals surface area (Å²) < 4.78 is 0. The molecule has 0 aliphatic heterocycles. The minimum Gasteiger partial charge on any atom is -0.396 e. The van der Waals surface area contributed by atoms with E-state index < -0.39 is 0 Å². The number of nitro benzene ring substituents is 1. The summed E-state index contributed by atoms with van der Waals surface area (Å²) in [7, 11) is 0. The second-order valence-electron chi connectivity index (χ2n) is 3.88. The van der Waals surface area contributed by atoms with E-state index in [-0.39, 0.29) is 23.3 Å². The zero-order chi connectivity index (χ0) is 12.7. The number of nitrogens with zero attached hydrogens (tertiary/aromatic N) is 1. The van der Waals surface area contributed by atoms with Gasteiger partial charge in [-0.05, 0) is 12.8 Å². The SMILES string of the molecule is CCC(CCO)NCc1ccccc1[N+](=O)[O-]. The van der Waals surface area contributed by atoms with Crippen LogP contribution in [0.25, 0.3) is 0 Å². The molecule has 0 aromatic heterocycles. The van der Waals surface area contributed by atoms with Gasteiger partial charge in [-0.15, -0.1) is 0 Å². The highest BCUT2D eigenvalue weighted by molar-refractivity contribution is 5.39. The van der Waals surface area contributed by atoms with Gasteiger partial charge >= 0.3 is 0 Å². The first-order chi connectivity index (χ1) is 8.19. The molecule has 0 amide bonds. The van der Waals surface area contributed by atoms with Gasteiger partial charge in [0.15, 0.2) is 0 Å². The van der Waals surface area contributed by atoms with Crippen molar-refractivity contribution in [2.75, 3.05) is 6.61 Å². The number of hydrogen-bond acceptors (Lipinski definition) is 4. The van der Waals surface area contributed by atoms with Gasteiger partial charge in [0.25, 0.3) is 5.69 Å². The largest absolute Gasteiger partial charge is 0.396 e. The smallest absolute Gasteiger partial charge is 0.273 e. The maximum absolute atomic E-state index is 10.8. The summed E-state index contributed by atoms with van der Waals surface area (Å²) in [5, 5.41) is 22.9. The molecule has 0 radical (unpaired) electrons. The fraction of sp³-hybridized carbons (Fsp3) is 0.500. The van der Waals surface area contributed by atoms with E-state index in [9.17, 15) is 10.1 Å². The third-order valence-corrected chi connectivity index (χ3v) is 2.74. The molecule has 1 aromatic rings. The van der Waals surface area contributed by atoms with Gasteiger partial charge in [0.1, 0.15) is 0 Å². The average Bonchev–Trinajstić information content (AvgIpc) is 2.34. The first kappa shape index (κ1) is 13.6. The molecule has 5 heteroatoms. The maximum atomic E-state index is 10.8. The van der Waals surface area contributed by atoms with Crippen LogP contribution in [0.2, 0.25) is 0 Å². The molecular weight excluding hydrogens is 220 g/mol. The summed E-state index contributed by atoms with van der Waals surface area (Å²) in [6.45, 7) is 2.60. The number of para-hydroxylation sites is 1. The quantitative estimate of drug-likeness (QED) is 0.561. The Hall–Kier alpha value is -1.46. The van der Waals surface area contributed by atoms with Crippen LogP contribution in [0.15, 0.2) is 24.3 Å². The molecule has 17 heavy (non-hydrogen) atoms. The van der Waals surface area contributed by atoms with Crippen molar-refractivity contribution in [3.8, 4) is 0 Å². The Morgan fingerprint density at radius 3 is 2.76 bits per heavy atom. The number of hydrogen-bond donors (Lipinski definition) is 2. The predicted molar refractivity (Wildman–Crippen MR) is 65.7 cm³/mol. The van der Waals surface area contributed by atoms with Gasteiger partial charge in [0.05, 0.1) is 4.92 Å².